The van der Waals surface area contributed by atoms with Gasteiger partial charge in [0.2, 0.25) is 5.91 Å². The Kier molecular flexibility index (Phi) is 8.20. The Morgan fingerprint density at radius 1 is 1.06 bits per heavy atom. The van der Waals surface area contributed by atoms with Gasteiger partial charge < -0.3 is 15.1 Å². The Labute approximate surface area is 202 Å². The van der Waals surface area contributed by atoms with Gasteiger partial charge >= 0.3 is 0 Å². The summed E-state index contributed by atoms with van der Waals surface area (Å²) in [6.07, 6.45) is 6.57. The smallest absolute Gasteiger partial charge is 0.254 e. The van der Waals surface area contributed by atoms with Gasteiger partial charge in [-0.2, -0.15) is 0 Å². The van der Waals surface area contributed by atoms with Gasteiger partial charge in [-0.05, 0) is 61.8 Å². The third kappa shape index (κ3) is 5.17. The van der Waals surface area contributed by atoms with Crippen LogP contribution in [0.15, 0.2) is 41.8 Å². The summed E-state index contributed by atoms with van der Waals surface area (Å²) in [5, 5.41) is 5.30. The first-order valence-electron chi connectivity index (χ1n) is 12.6. The second kappa shape index (κ2) is 11.3. The molecule has 4 rings (SSSR count). The van der Waals surface area contributed by atoms with Crippen LogP contribution in [0.5, 0.6) is 0 Å². The molecule has 1 aliphatic heterocycles. The van der Waals surface area contributed by atoms with Crippen LogP contribution in [0.3, 0.4) is 0 Å². The lowest BCUT2D eigenvalue weighted by molar-refractivity contribution is -0.124. The normalized spacial score (nSPS) is 20.9. The van der Waals surface area contributed by atoms with Crippen molar-refractivity contribution in [2.75, 3.05) is 26.2 Å². The van der Waals surface area contributed by atoms with E-state index >= 15 is 0 Å². The maximum atomic E-state index is 13.8. The van der Waals surface area contributed by atoms with Gasteiger partial charge in [0.15, 0.2) is 0 Å². The maximum absolute atomic E-state index is 13.8. The molecule has 2 unspecified atom stereocenters. The summed E-state index contributed by atoms with van der Waals surface area (Å²) < 4.78 is 0. The fraction of sp³-hybridized carbons (Fsp3) is 0.556. The predicted octanol–water partition coefficient (Wildman–Crippen LogP) is 5.21. The van der Waals surface area contributed by atoms with Gasteiger partial charge in [-0.1, -0.05) is 51.0 Å². The lowest BCUT2D eigenvalue weighted by atomic mass is 9.80. The van der Waals surface area contributed by atoms with Crippen LogP contribution in [-0.2, 0) is 4.79 Å². The van der Waals surface area contributed by atoms with Gasteiger partial charge in [-0.25, -0.2) is 0 Å². The number of benzene rings is 1. The average molecular weight is 468 g/mol. The molecule has 6 heteroatoms. The van der Waals surface area contributed by atoms with Crippen molar-refractivity contribution in [3.8, 4) is 0 Å². The molecule has 2 aromatic rings. The Morgan fingerprint density at radius 2 is 1.79 bits per heavy atom. The van der Waals surface area contributed by atoms with Gasteiger partial charge in [0.1, 0.15) is 0 Å². The molecule has 2 heterocycles. The first-order valence-corrected chi connectivity index (χ1v) is 13.5. The van der Waals surface area contributed by atoms with Crippen LogP contribution >= 0.6 is 11.3 Å². The molecular weight excluding hydrogens is 430 g/mol. The molecule has 1 aromatic heterocycles. The summed E-state index contributed by atoms with van der Waals surface area (Å²) in [5.74, 6) is -0.273. The Bertz CT molecular complexity index is 917. The molecule has 0 radical (unpaired) electrons. The van der Waals surface area contributed by atoms with E-state index < -0.39 is 0 Å². The molecule has 1 fully saturated rings. The predicted molar refractivity (Wildman–Crippen MR) is 135 cm³/mol. The summed E-state index contributed by atoms with van der Waals surface area (Å²) in [6.45, 7) is 7.99. The highest BCUT2D eigenvalue weighted by Gasteiger charge is 2.47. The lowest BCUT2D eigenvalue weighted by Gasteiger charge is -2.44. The minimum absolute atomic E-state index is 0.0318. The van der Waals surface area contributed by atoms with Crippen molar-refractivity contribution in [1.29, 1.82) is 0 Å². The molecule has 178 valence electrons. The van der Waals surface area contributed by atoms with Crippen molar-refractivity contribution >= 4 is 23.2 Å². The van der Waals surface area contributed by atoms with E-state index in [1.807, 2.05) is 30.3 Å². The fourth-order valence-corrected chi connectivity index (χ4v) is 6.46. The molecule has 1 aromatic carbocycles. The highest BCUT2D eigenvalue weighted by atomic mass is 32.1. The number of carbonyl (C=O) groups is 2. The maximum Gasteiger partial charge on any atom is 0.254 e. The topological polar surface area (TPSA) is 52.7 Å². The number of thiophene rings is 1. The number of rotatable bonds is 10. The van der Waals surface area contributed by atoms with Gasteiger partial charge in [-0.3, -0.25) is 9.59 Å². The van der Waals surface area contributed by atoms with Crippen molar-refractivity contribution in [2.24, 2.45) is 0 Å². The average Bonchev–Trinajstić information content (AvgIpc) is 3.54. The SMILES string of the molecule is CCCN(CCC)CCNC(=O)C1c2ccccc2C(=O)N(C2CCCC2)C1c1cccs1. The van der Waals surface area contributed by atoms with E-state index in [1.165, 1.54) is 0 Å². The van der Waals surface area contributed by atoms with Crippen molar-refractivity contribution in [3.63, 3.8) is 0 Å². The van der Waals surface area contributed by atoms with E-state index in [0.717, 1.165) is 68.6 Å². The standard InChI is InChI=1S/C27H37N3O2S/c1-3-16-29(17-4-2)18-15-28-26(31)24-21-12-7-8-13-22(21)27(32)30(20-10-5-6-11-20)25(24)23-14-9-19-33-23/h7-9,12-14,19-20,24-25H,3-6,10-11,15-18H2,1-2H3,(H,28,31). The van der Waals surface area contributed by atoms with E-state index in [9.17, 15) is 9.59 Å². The van der Waals surface area contributed by atoms with Crippen molar-refractivity contribution in [3.05, 3.63) is 57.8 Å². The minimum atomic E-state index is -0.385. The van der Waals surface area contributed by atoms with Crippen LogP contribution in [0.1, 0.15) is 85.1 Å². The Morgan fingerprint density at radius 3 is 2.45 bits per heavy atom. The second-order valence-electron chi connectivity index (χ2n) is 9.31. The van der Waals surface area contributed by atoms with Gasteiger partial charge in [0.25, 0.3) is 5.91 Å². The van der Waals surface area contributed by atoms with Crippen molar-refractivity contribution in [2.45, 2.75) is 70.4 Å². The minimum Gasteiger partial charge on any atom is -0.354 e. The molecule has 1 aliphatic carbocycles. The van der Waals surface area contributed by atoms with Gasteiger partial charge in [0.05, 0.1) is 12.0 Å². The Hall–Kier alpha value is -2.18. The number of hydrogen-bond donors (Lipinski definition) is 1. The third-order valence-corrected chi connectivity index (χ3v) is 7.96. The quantitative estimate of drug-likeness (QED) is 0.522. The summed E-state index contributed by atoms with van der Waals surface area (Å²) in [7, 11) is 0. The molecule has 1 saturated carbocycles. The summed E-state index contributed by atoms with van der Waals surface area (Å²) in [4.78, 5) is 33.1. The number of amides is 2. The fourth-order valence-electron chi connectivity index (χ4n) is 5.60. The highest BCUT2D eigenvalue weighted by Crippen LogP contribution is 2.47. The molecule has 0 spiro atoms. The highest BCUT2D eigenvalue weighted by molar-refractivity contribution is 7.10. The van der Waals surface area contributed by atoms with E-state index in [1.54, 1.807) is 11.3 Å². The summed E-state index contributed by atoms with van der Waals surface area (Å²) in [6, 6.07) is 11.8. The van der Waals surface area contributed by atoms with Crippen LogP contribution in [-0.4, -0.2) is 53.8 Å². The molecule has 5 nitrogen and oxygen atoms in total. The number of nitrogens with one attached hydrogen (secondary N) is 1. The molecular formula is C27H37N3O2S. The first kappa shape index (κ1) is 24.0. The zero-order valence-corrected chi connectivity index (χ0v) is 20.8. The van der Waals surface area contributed by atoms with E-state index in [4.69, 9.17) is 0 Å². The zero-order valence-electron chi connectivity index (χ0n) is 20.0. The first-order chi connectivity index (χ1) is 16.2. The number of nitrogens with zero attached hydrogens (tertiary/aromatic N) is 2. The van der Waals surface area contributed by atoms with Gasteiger partial charge in [0, 0.05) is 29.6 Å². The lowest BCUT2D eigenvalue weighted by Crippen LogP contribution is -2.51. The van der Waals surface area contributed by atoms with Crippen LogP contribution in [0.2, 0.25) is 0 Å². The van der Waals surface area contributed by atoms with E-state index in [-0.39, 0.29) is 29.8 Å². The van der Waals surface area contributed by atoms with E-state index in [0.29, 0.717) is 12.1 Å². The molecule has 0 saturated heterocycles. The van der Waals surface area contributed by atoms with E-state index in [2.05, 4.69) is 40.4 Å². The molecule has 2 atom stereocenters. The number of carbonyl (C=O) groups excluding carboxylic acids is 2. The molecule has 2 aliphatic rings. The second-order valence-corrected chi connectivity index (χ2v) is 10.3. The largest absolute Gasteiger partial charge is 0.354 e. The summed E-state index contributed by atoms with van der Waals surface area (Å²) >= 11 is 1.65. The number of hydrogen-bond acceptors (Lipinski definition) is 4. The van der Waals surface area contributed by atoms with Crippen LogP contribution < -0.4 is 5.32 Å². The molecule has 33 heavy (non-hydrogen) atoms. The summed E-state index contributed by atoms with van der Waals surface area (Å²) in [5.41, 5.74) is 1.56. The van der Waals surface area contributed by atoms with Crippen molar-refractivity contribution < 1.29 is 9.59 Å². The van der Waals surface area contributed by atoms with Crippen molar-refractivity contribution in [1.82, 2.24) is 15.1 Å². The van der Waals surface area contributed by atoms with Crippen LogP contribution in [0.25, 0.3) is 0 Å². The number of fused-ring (bicyclic) bond motifs is 1. The Balaban J connectivity index is 1.63. The third-order valence-electron chi connectivity index (χ3n) is 7.02. The molecule has 1 N–H and O–H groups in total. The zero-order chi connectivity index (χ0) is 23.2. The monoisotopic (exact) mass is 467 g/mol. The molecule has 0 bridgehead atoms. The van der Waals surface area contributed by atoms with Crippen LogP contribution in [0, 0.1) is 0 Å². The van der Waals surface area contributed by atoms with Gasteiger partial charge in [-0.15, -0.1) is 11.3 Å². The van der Waals surface area contributed by atoms with Crippen LogP contribution in [0.4, 0.5) is 0 Å². The molecule has 2 amide bonds.